The van der Waals surface area contributed by atoms with Gasteiger partial charge in [-0.15, -0.1) is 0 Å². The second-order valence-electron chi connectivity index (χ2n) is 6.75. The summed E-state index contributed by atoms with van der Waals surface area (Å²) >= 11 is 0. The molecule has 25 heavy (non-hydrogen) atoms. The zero-order chi connectivity index (χ0) is 17.3. The number of likely N-dealkylation sites (tertiary alicyclic amines) is 1. The first-order valence-corrected chi connectivity index (χ1v) is 9.30. The molecule has 2 heterocycles. The summed E-state index contributed by atoms with van der Waals surface area (Å²) in [7, 11) is 0. The van der Waals surface area contributed by atoms with Gasteiger partial charge in [-0.05, 0) is 67.7 Å². The van der Waals surface area contributed by atoms with Gasteiger partial charge in [0.2, 0.25) is 0 Å². The molecule has 2 aromatic rings. The molecule has 1 aliphatic heterocycles. The smallest absolute Gasteiger partial charge is 0.251 e. The molecule has 1 amide bonds. The van der Waals surface area contributed by atoms with Crippen molar-refractivity contribution in [3.05, 3.63) is 65.5 Å². The number of aromatic nitrogens is 1. The van der Waals surface area contributed by atoms with Crippen molar-refractivity contribution in [2.75, 3.05) is 19.6 Å². The number of hydrogen-bond donors (Lipinski definition) is 1. The van der Waals surface area contributed by atoms with Gasteiger partial charge in [-0.2, -0.15) is 0 Å². The lowest BCUT2D eigenvalue weighted by Gasteiger charge is -2.19. The van der Waals surface area contributed by atoms with E-state index in [0.717, 1.165) is 18.5 Å². The zero-order valence-corrected chi connectivity index (χ0v) is 14.8. The third kappa shape index (κ3) is 5.68. The fraction of sp³-hybridized carbons (Fsp3) is 0.429. The molecule has 0 aliphatic carbocycles. The molecule has 0 radical (unpaired) electrons. The predicted octanol–water partition coefficient (Wildman–Crippen LogP) is 3.43. The first-order chi connectivity index (χ1) is 12.3. The minimum Gasteiger partial charge on any atom is -0.352 e. The highest BCUT2D eigenvalue weighted by Crippen LogP contribution is 2.14. The summed E-state index contributed by atoms with van der Waals surface area (Å²) in [5.41, 5.74) is 3.20. The van der Waals surface area contributed by atoms with Crippen LogP contribution in [0.5, 0.6) is 0 Å². The van der Waals surface area contributed by atoms with Crippen molar-refractivity contribution in [2.45, 2.75) is 38.6 Å². The summed E-state index contributed by atoms with van der Waals surface area (Å²) in [6.07, 6.45) is 9.70. The molecular weight excluding hydrogens is 310 g/mol. The number of pyridine rings is 1. The van der Waals surface area contributed by atoms with Gasteiger partial charge in [-0.3, -0.25) is 14.7 Å². The molecule has 1 fully saturated rings. The van der Waals surface area contributed by atoms with Crippen LogP contribution in [0.2, 0.25) is 0 Å². The second-order valence-corrected chi connectivity index (χ2v) is 6.75. The van der Waals surface area contributed by atoms with Gasteiger partial charge in [0.05, 0.1) is 0 Å². The molecular formula is C21H27N3O. The van der Waals surface area contributed by atoms with E-state index in [2.05, 4.69) is 27.3 Å². The van der Waals surface area contributed by atoms with Crippen molar-refractivity contribution in [3.8, 4) is 0 Å². The highest BCUT2D eigenvalue weighted by atomic mass is 16.1. The lowest BCUT2D eigenvalue weighted by Crippen LogP contribution is -2.26. The maximum absolute atomic E-state index is 12.2. The van der Waals surface area contributed by atoms with Crippen molar-refractivity contribution >= 4 is 5.91 Å². The van der Waals surface area contributed by atoms with Gasteiger partial charge < -0.3 is 5.32 Å². The van der Waals surface area contributed by atoms with Gasteiger partial charge >= 0.3 is 0 Å². The normalized spacial score (nSPS) is 15.5. The van der Waals surface area contributed by atoms with E-state index >= 15 is 0 Å². The first-order valence-electron chi connectivity index (χ1n) is 9.30. The van der Waals surface area contributed by atoms with Crippen LogP contribution >= 0.6 is 0 Å². The number of hydrogen-bond acceptors (Lipinski definition) is 3. The Bertz CT molecular complexity index is 647. The van der Waals surface area contributed by atoms with Crippen LogP contribution in [0.25, 0.3) is 0 Å². The number of carbonyl (C=O) groups is 1. The summed E-state index contributed by atoms with van der Waals surface area (Å²) < 4.78 is 0. The lowest BCUT2D eigenvalue weighted by molar-refractivity contribution is 0.0954. The van der Waals surface area contributed by atoms with E-state index in [1.807, 2.05) is 24.3 Å². The van der Waals surface area contributed by atoms with Crippen molar-refractivity contribution in [1.29, 1.82) is 0 Å². The Balaban J connectivity index is 1.46. The third-order valence-corrected chi connectivity index (χ3v) is 4.77. The Kier molecular flexibility index (Phi) is 6.57. The Morgan fingerprint density at radius 3 is 2.28 bits per heavy atom. The van der Waals surface area contributed by atoms with Crippen LogP contribution in [0, 0.1) is 0 Å². The molecule has 0 saturated carbocycles. The van der Waals surface area contributed by atoms with Crippen LogP contribution in [-0.4, -0.2) is 35.4 Å². The largest absolute Gasteiger partial charge is 0.352 e. The van der Waals surface area contributed by atoms with Crippen LogP contribution in [0.4, 0.5) is 0 Å². The van der Waals surface area contributed by atoms with E-state index < -0.39 is 0 Å². The molecule has 1 aliphatic rings. The van der Waals surface area contributed by atoms with Gasteiger partial charge in [0.25, 0.3) is 5.91 Å². The average molecular weight is 337 g/mol. The van der Waals surface area contributed by atoms with Gasteiger partial charge in [0.15, 0.2) is 0 Å². The average Bonchev–Trinajstić information content (AvgIpc) is 2.92. The minimum atomic E-state index is -0.00428. The molecule has 0 spiro atoms. The quantitative estimate of drug-likeness (QED) is 0.878. The maximum atomic E-state index is 12.2. The number of rotatable bonds is 6. The van der Waals surface area contributed by atoms with Crippen LogP contribution in [0.15, 0.2) is 48.8 Å². The zero-order valence-electron chi connectivity index (χ0n) is 14.8. The van der Waals surface area contributed by atoms with E-state index in [4.69, 9.17) is 0 Å². The standard InChI is InChI=1S/C21H27N3O/c25-21(23-14-11-18-9-12-22-13-10-18)20-7-5-19(6-8-20)17-24-15-3-1-2-4-16-24/h5-10,12-13H,1-4,11,14-17H2,(H,23,25). The van der Waals surface area contributed by atoms with Crippen LogP contribution < -0.4 is 5.32 Å². The summed E-state index contributed by atoms with van der Waals surface area (Å²) in [5.74, 6) is -0.00428. The van der Waals surface area contributed by atoms with Gasteiger partial charge in [0.1, 0.15) is 0 Å². The number of carbonyl (C=O) groups excluding carboxylic acids is 1. The van der Waals surface area contributed by atoms with Crippen molar-refractivity contribution in [2.24, 2.45) is 0 Å². The van der Waals surface area contributed by atoms with E-state index in [1.165, 1.54) is 49.9 Å². The summed E-state index contributed by atoms with van der Waals surface area (Å²) in [6.45, 7) is 4.01. The van der Waals surface area contributed by atoms with E-state index in [1.54, 1.807) is 12.4 Å². The van der Waals surface area contributed by atoms with Crippen molar-refractivity contribution in [1.82, 2.24) is 15.2 Å². The fourth-order valence-corrected chi connectivity index (χ4v) is 3.29. The van der Waals surface area contributed by atoms with Gasteiger partial charge in [-0.25, -0.2) is 0 Å². The molecule has 1 N–H and O–H groups in total. The first kappa shape index (κ1) is 17.6. The molecule has 1 saturated heterocycles. The van der Waals surface area contributed by atoms with Gasteiger partial charge in [0, 0.05) is 31.0 Å². The number of benzene rings is 1. The summed E-state index contributed by atoms with van der Waals surface area (Å²) in [4.78, 5) is 18.8. The lowest BCUT2D eigenvalue weighted by atomic mass is 10.1. The van der Waals surface area contributed by atoms with Gasteiger partial charge in [-0.1, -0.05) is 25.0 Å². The molecule has 0 unspecified atom stereocenters. The molecule has 1 aromatic heterocycles. The highest BCUT2D eigenvalue weighted by Gasteiger charge is 2.10. The van der Waals surface area contributed by atoms with Crippen molar-refractivity contribution < 1.29 is 4.79 Å². The molecule has 0 atom stereocenters. The monoisotopic (exact) mass is 337 g/mol. The van der Waals surface area contributed by atoms with Crippen LogP contribution in [-0.2, 0) is 13.0 Å². The van der Waals surface area contributed by atoms with Crippen LogP contribution in [0.1, 0.15) is 47.2 Å². The molecule has 3 rings (SSSR count). The molecule has 1 aromatic carbocycles. The predicted molar refractivity (Wildman–Crippen MR) is 100 cm³/mol. The highest BCUT2D eigenvalue weighted by molar-refractivity contribution is 5.94. The minimum absolute atomic E-state index is 0.00428. The van der Waals surface area contributed by atoms with E-state index in [9.17, 15) is 4.79 Å². The second kappa shape index (κ2) is 9.33. The molecule has 0 bridgehead atoms. The van der Waals surface area contributed by atoms with E-state index in [0.29, 0.717) is 6.54 Å². The Morgan fingerprint density at radius 1 is 0.920 bits per heavy atom. The third-order valence-electron chi connectivity index (χ3n) is 4.77. The Labute approximate surface area is 150 Å². The molecule has 4 nitrogen and oxygen atoms in total. The fourth-order valence-electron chi connectivity index (χ4n) is 3.29. The van der Waals surface area contributed by atoms with Crippen LogP contribution in [0.3, 0.4) is 0 Å². The Morgan fingerprint density at radius 2 is 1.60 bits per heavy atom. The molecule has 4 heteroatoms. The summed E-state index contributed by atoms with van der Waals surface area (Å²) in [6, 6.07) is 12.0. The number of nitrogens with one attached hydrogen (secondary N) is 1. The topological polar surface area (TPSA) is 45.2 Å². The number of nitrogens with zero attached hydrogens (tertiary/aromatic N) is 2. The molecule has 132 valence electrons. The SMILES string of the molecule is O=C(NCCc1ccncc1)c1ccc(CN2CCCCCC2)cc1. The number of amides is 1. The maximum Gasteiger partial charge on any atom is 0.251 e. The summed E-state index contributed by atoms with van der Waals surface area (Å²) in [5, 5.41) is 2.99. The van der Waals surface area contributed by atoms with Crippen molar-refractivity contribution in [3.63, 3.8) is 0 Å². The Hall–Kier alpha value is -2.20. The van der Waals surface area contributed by atoms with E-state index in [-0.39, 0.29) is 5.91 Å².